The molecule has 0 aromatic heterocycles. The van der Waals surface area contributed by atoms with Gasteiger partial charge >= 0.3 is 0 Å². The van der Waals surface area contributed by atoms with E-state index in [0.717, 1.165) is 41.5 Å². The van der Waals surface area contributed by atoms with Crippen molar-refractivity contribution in [2.24, 2.45) is 0 Å². The number of rotatable bonds is 10. The van der Waals surface area contributed by atoms with E-state index in [4.69, 9.17) is 4.74 Å². The van der Waals surface area contributed by atoms with E-state index in [1.807, 2.05) is 30.3 Å². The van der Waals surface area contributed by atoms with Crippen molar-refractivity contribution in [2.75, 3.05) is 6.61 Å². The quantitative estimate of drug-likeness (QED) is 0.315. The summed E-state index contributed by atoms with van der Waals surface area (Å²) >= 11 is 0. The van der Waals surface area contributed by atoms with Gasteiger partial charge in [-0.25, -0.2) is 0 Å². The number of aryl methyl sites for hydroxylation is 1. The van der Waals surface area contributed by atoms with Gasteiger partial charge in [-0.1, -0.05) is 81.6 Å². The molecule has 0 spiro atoms. The van der Waals surface area contributed by atoms with Crippen molar-refractivity contribution in [3.8, 4) is 40.1 Å². The maximum atomic E-state index is 9.93. The SMILES string of the molecule is CCCCCc1ccc(-c2ccccc2-c2ccc(OCCCC)c(C#N)c2C#N)cc1. The highest BCUT2D eigenvalue weighted by Crippen LogP contribution is 2.37. The van der Waals surface area contributed by atoms with E-state index in [9.17, 15) is 10.5 Å². The molecule has 0 atom stereocenters. The molecule has 0 saturated carbocycles. The summed E-state index contributed by atoms with van der Waals surface area (Å²) < 4.78 is 5.80. The van der Waals surface area contributed by atoms with Gasteiger partial charge < -0.3 is 4.74 Å². The van der Waals surface area contributed by atoms with Crippen molar-refractivity contribution >= 4 is 0 Å². The topological polar surface area (TPSA) is 56.8 Å². The number of nitrogens with zero attached hydrogens (tertiary/aromatic N) is 2. The zero-order valence-electron chi connectivity index (χ0n) is 19.0. The van der Waals surface area contributed by atoms with Crippen LogP contribution in [0.5, 0.6) is 5.75 Å². The molecule has 0 aliphatic rings. The van der Waals surface area contributed by atoms with Crippen LogP contribution in [0.25, 0.3) is 22.3 Å². The number of benzene rings is 3. The van der Waals surface area contributed by atoms with Gasteiger partial charge in [-0.05, 0) is 53.6 Å². The van der Waals surface area contributed by atoms with Crippen LogP contribution in [-0.4, -0.2) is 6.61 Å². The van der Waals surface area contributed by atoms with Crippen molar-refractivity contribution in [1.82, 2.24) is 0 Å². The second-order valence-electron chi connectivity index (χ2n) is 7.99. The smallest absolute Gasteiger partial charge is 0.138 e. The molecule has 3 rings (SSSR count). The molecule has 0 amide bonds. The van der Waals surface area contributed by atoms with Gasteiger partial charge in [0.2, 0.25) is 0 Å². The van der Waals surface area contributed by atoms with Crippen LogP contribution in [0.3, 0.4) is 0 Å². The van der Waals surface area contributed by atoms with Crippen molar-refractivity contribution < 1.29 is 4.74 Å². The largest absolute Gasteiger partial charge is 0.492 e. The maximum absolute atomic E-state index is 9.93. The molecule has 0 radical (unpaired) electrons. The Labute approximate surface area is 191 Å². The summed E-state index contributed by atoms with van der Waals surface area (Å²) in [6, 6.07) is 24.9. The van der Waals surface area contributed by atoms with Crippen LogP contribution >= 0.6 is 0 Å². The molecule has 0 N–H and O–H groups in total. The first-order valence-corrected chi connectivity index (χ1v) is 11.5. The molecule has 32 heavy (non-hydrogen) atoms. The summed E-state index contributed by atoms with van der Waals surface area (Å²) in [6.45, 7) is 4.85. The molecular formula is C29H30N2O. The van der Waals surface area contributed by atoms with Crippen molar-refractivity contribution in [3.05, 3.63) is 77.4 Å². The Morgan fingerprint density at radius 2 is 1.38 bits per heavy atom. The Morgan fingerprint density at radius 1 is 0.688 bits per heavy atom. The molecule has 3 aromatic rings. The van der Waals surface area contributed by atoms with Gasteiger partial charge in [0.1, 0.15) is 23.5 Å². The Bertz CT molecular complexity index is 1120. The summed E-state index contributed by atoms with van der Waals surface area (Å²) in [5.41, 5.74) is 5.87. The average molecular weight is 423 g/mol. The molecule has 0 aliphatic carbocycles. The standard InChI is InChI=1S/C29H30N2O/c1-3-5-7-10-22-13-15-23(16-14-22)24-11-8-9-12-25(24)26-17-18-29(32-19-6-4-2)28(21-31)27(26)20-30/h8-9,11-18H,3-7,10,19H2,1-2H3. The highest BCUT2D eigenvalue weighted by atomic mass is 16.5. The fourth-order valence-electron chi connectivity index (χ4n) is 3.88. The third-order valence-corrected chi connectivity index (χ3v) is 5.70. The van der Waals surface area contributed by atoms with Crippen LogP contribution < -0.4 is 4.74 Å². The lowest BCUT2D eigenvalue weighted by Gasteiger charge is -2.15. The van der Waals surface area contributed by atoms with E-state index >= 15 is 0 Å². The molecule has 0 heterocycles. The first kappa shape index (κ1) is 23.1. The zero-order chi connectivity index (χ0) is 22.8. The average Bonchev–Trinajstić information content (AvgIpc) is 2.84. The number of nitriles is 2. The van der Waals surface area contributed by atoms with E-state index in [1.165, 1.54) is 24.8 Å². The third kappa shape index (κ3) is 5.37. The fourth-order valence-corrected chi connectivity index (χ4v) is 3.88. The van der Waals surface area contributed by atoms with Crippen molar-refractivity contribution in [1.29, 1.82) is 10.5 Å². The minimum absolute atomic E-state index is 0.308. The fraction of sp³-hybridized carbons (Fsp3) is 0.310. The molecule has 3 heteroatoms. The molecule has 0 bridgehead atoms. The van der Waals surface area contributed by atoms with Crippen molar-refractivity contribution in [3.63, 3.8) is 0 Å². The number of ether oxygens (including phenoxy) is 1. The number of hydrogen-bond donors (Lipinski definition) is 0. The monoisotopic (exact) mass is 422 g/mol. The molecule has 0 unspecified atom stereocenters. The minimum atomic E-state index is 0.308. The van der Waals surface area contributed by atoms with Gasteiger partial charge in [0.25, 0.3) is 0 Å². The van der Waals surface area contributed by atoms with E-state index in [2.05, 4.69) is 56.3 Å². The summed E-state index contributed by atoms with van der Waals surface area (Å²) in [6.07, 6.45) is 6.70. The zero-order valence-corrected chi connectivity index (χ0v) is 19.0. The normalized spacial score (nSPS) is 10.4. The Hall–Kier alpha value is -3.56. The predicted octanol–water partition coefficient (Wildman–Crippen LogP) is 7.68. The molecule has 162 valence electrons. The number of hydrogen-bond acceptors (Lipinski definition) is 3. The molecule has 0 fully saturated rings. The summed E-state index contributed by atoms with van der Waals surface area (Å²) in [5.74, 6) is 0.482. The minimum Gasteiger partial charge on any atom is -0.492 e. The summed E-state index contributed by atoms with van der Waals surface area (Å²) in [7, 11) is 0. The summed E-state index contributed by atoms with van der Waals surface area (Å²) in [5, 5.41) is 19.7. The van der Waals surface area contributed by atoms with Gasteiger partial charge in [-0.15, -0.1) is 0 Å². The maximum Gasteiger partial charge on any atom is 0.138 e. The highest BCUT2D eigenvalue weighted by molar-refractivity contribution is 5.87. The Kier molecular flexibility index (Phi) is 8.47. The van der Waals surface area contributed by atoms with E-state index < -0.39 is 0 Å². The van der Waals surface area contributed by atoms with Crippen LogP contribution in [0.4, 0.5) is 0 Å². The Morgan fingerprint density at radius 3 is 2.03 bits per heavy atom. The summed E-state index contributed by atoms with van der Waals surface area (Å²) in [4.78, 5) is 0. The first-order chi connectivity index (χ1) is 15.7. The van der Waals surface area contributed by atoms with E-state index in [1.54, 1.807) is 0 Å². The van der Waals surface area contributed by atoms with Gasteiger partial charge in [0.15, 0.2) is 0 Å². The predicted molar refractivity (Wildman–Crippen MR) is 130 cm³/mol. The van der Waals surface area contributed by atoms with Gasteiger partial charge in [-0.3, -0.25) is 0 Å². The molecule has 3 aromatic carbocycles. The van der Waals surface area contributed by atoms with Crippen LogP contribution in [-0.2, 0) is 6.42 Å². The number of unbranched alkanes of at least 4 members (excludes halogenated alkanes) is 3. The van der Waals surface area contributed by atoms with Crippen LogP contribution in [0, 0.1) is 22.7 Å². The van der Waals surface area contributed by atoms with Gasteiger partial charge in [-0.2, -0.15) is 10.5 Å². The van der Waals surface area contributed by atoms with E-state index in [-0.39, 0.29) is 0 Å². The lowest BCUT2D eigenvalue weighted by molar-refractivity contribution is 0.308. The van der Waals surface area contributed by atoms with E-state index in [0.29, 0.717) is 23.5 Å². The molecule has 3 nitrogen and oxygen atoms in total. The molecule has 0 aliphatic heterocycles. The van der Waals surface area contributed by atoms with Gasteiger partial charge in [0.05, 0.1) is 12.2 Å². The van der Waals surface area contributed by atoms with Crippen molar-refractivity contribution in [2.45, 2.75) is 52.4 Å². The van der Waals surface area contributed by atoms with Gasteiger partial charge in [0, 0.05) is 5.56 Å². The lowest BCUT2D eigenvalue weighted by Crippen LogP contribution is -2.01. The third-order valence-electron chi connectivity index (χ3n) is 5.70. The lowest BCUT2D eigenvalue weighted by atomic mass is 9.89. The molecule has 0 saturated heterocycles. The second kappa shape index (κ2) is 11.7. The molecular weight excluding hydrogens is 392 g/mol. The highest BCUT2D eigenvalue weighted by Gasteiger charge is 2.18. The second-order valence-corrected chi connectivity index (χ2v) is 7.99. The first-order valence-electron chi connectivity index (χ1n) is 11.5. The van der Waals surface area contributed by atoms with Crippen LogP contribution in [0.15, 0.2) is 60.7 Å². The Balaban J connectivity index is 2.00. The van der Waals surface area contributed by atoms with Crippen LogP contribution in [0.2, 0.25) is 0 Å². The van der Waals surface area contributed by atoms with Crippen LogP contribution in [0.1, 0.15) is 62.6 Å².